The van der Waals surface area contributed by atoms with Gasteiger partial charge in [0.1, 0.15) is 0 Å². The van der Waals surface area contributed by atoms with Crippen molar-refractivity contribution in [1.29, 1.82) is 0 Å². The summed E-state index contributed by atoms with van der Waals surface area (Å²) in [6, 6.07) is 7.78. The topological polar surface area (TPSA) is 20.3 Å². The van der Waals surface area contributed by atoms with E-state index < -0.39 is 0 Å². The van der Waals surface area contributed by atoms with E-state index in [1.807, 2.05) is 29.2 Å². The van der Waals surface area contributed by atoms with Crippen LogP contribution in [0, 0.1) is 8.99 Å². The first-order chi connectivity index (χ1) is 8.88. The number of hydrogen-bond donors (Lipinski definition) is 0. The Bertz CT molecular complexity index is 496. The zero-order chi connectivity index (χ0) is 14.0. The van der Waals surface area contributed by atoms with Crippen molar-refractivity contribution >= 4 is 28.5 Å². The molecule has 0 unspecified atom stereocenters. The molecule has 1 aliphatic heterocycles. The molecule has 0 saturated carbocycles. The van der Waals surface area contributed by atoms with Crippen molar-refractivity contribution in [3.63, 3.8) is 0 Å². The van der Waals surface area contributed by atoms with Crippen LogP contribution in [0.1, 0.15) is 37.6 Å². The first-order valence-electron chi connectivity index (χ1n) is 6.62. The highest BCUT2D eigenvalue weighted by atomic mass is 127. The molecule has 0 aliphatic carbocycles. The second kappa shape index (κ2) is 5.65. The van der Waals surface area contributed by atoms with Crippen molar-refractivity contribution in [3.05, 3.63) is 45.0 Å². The Morgan fingerprint density at radius 1 is 1.21 bits per heavy atom. The summed E-state index contributed by atoms with van der Waals surface area (Å²) in [5, 5.41) is 0. The van der Waals surface area contributed by atoms with Crippen LogP contribution in [0.5, 0.6) is 0 Å². The molecule has 2 rings (SSSR count). The van der Waals surface area contributed by atoms with Crippen LogP contribution in [-0.4, -0.2) is 23.9 Å². The Kier molecular flexibility index (Phi) is 4.33. The van der Waals surface area contributed by atoms with E-state index in [9.17, 15) is 4.79 Å². The molecular formula is C16H20INO. The summed E-state index contributed by atoms with van der Waals surface area (Å²) in [5.74, 6) is 0.139. The Hall–Kier alpha value is -0.840. The lowest BCUT2D eigenvalue weighted by Gasteiger charge is -2.32. The Balaban J connectivity index is 2.07. The average Bonchev–Trinajstić information content (AvgIpc) is 2.38. The number of carbonyl (C=O) groups excluding carboxylic acids is 1. The first kappa shape index (κ1) is 14.6. The van der Waals surface area contributed by atoms with Crippen LogP contribution in [0.3, 0.4) is 0 Å². The lowest BCUT2D eigenvalue weighted by Crippen LogP contribution is -2.36. The molecule has 19 heavy (non-hydrogen) atoms. The average molecular weight is 369 g/mol. The van der Waals surface area contributed by atoms with E-state index >= 15 is 0 Å². The van der Waals surface area contributed by atoms with Crippen LogP contribution in [0.25, 0.3) is 0 Å². The van der Waals surface area contributed by atoms with E-state index in [0.717, 1.165) is 28.6 Å². The second-order valence-corrected chi connectivity index (χ2v) is 7.23. The number of halogens is 1. The predicted molar refractivity (Wildman–Crippen MR) is 87.2 cm³/mol. The highest BCUT2D eigenvalue weighted by Gasteiger charge is 2.24. The molecule has 0 N–H and O–H groups in total. The lowest BCUT2D eigenvalue weighted by atomic mass is 9.83. The third-order valence-corrected chi connectivity index (χ3v) is 4.27. The number of carbonyl (C=O) groups is 1. The highest BCUT2D eigenvalue weighted by molar-refractivity contribution is 14.1. The molecule has 0 bridgehead atoms. The summed E-state index contributed by atoms with van der Waals surface area (Å²) < 4.78 is 1.16. The Morgan fingerprint density at radius 2 is 1.84 bits per heavy atom. The molecule has 0 fully saturated rings. The normalized spacial score (nSPS) is 16.2. The Labute approximate surface area is 129 Å². The zero-order valence-corrected chi connectivity index (χ0v) is 13.9. The molecule has 1 aromatic rings. The van der Waals surface area contributed by atoms with Crippen LogP contribution < -0.4 is 0 Å². The van der Waals surface area contributed by atoms with Crippen LogP contribution in [-0.2, 0) is 0 Å². The van der Waals surface area contributed by atoms with E-state index in [0.29, 0.717) is 0 Å². The number of nitrogens with zero attached hydrogens (tertiary/aromatic N) is 1. The molecular weight excluding hydrogens is 349 g/mol. The fraction of sp³-hybridized carbons (Fsp3) is 0.438. The molecule has 3 heteroatoms. The first-order valence-corrected chi connectivity index (χ1v) is 7.70. The van der Waals surface area contributed by atoms with E-state index in [2.05, 4.69) is 49.4 Å². The van der Waals surface area contributed by atoms with Gasteiger partial charge in [-0.25, -0.2) is 0 Å². The fourth-order valence-electron chi connectivity index (χ4n) is 2.31. The number of hydrogen-bond acceptors (Lipinski definition) is 1. The summed E-state index contributed by atoms with van der Waals surface area (Å²) in [5.41, 5.74) is 2.46. The van der Waals surface area contributed by atoms with Gasteiger partial charge in [-0.15, -0.1) is 0 Å². The molecule has 1 heterocycles. The van der Waals surface area contributed by atoms with Crippen LogP contribution in [0.2, 0.25) is 0 Å². The second-order valence-electron chi connectivity index (χ2n) is 5.99. The molecule has 102 valence electrons. The maximum atomic E-state index is 12.4. The number of benzene rings is 1. The van der Waals surface area contributed by atoms with Gasteiger partial charge in [0, 0.05) is 22.2 Å². The van der Waals surface area contributed by atoms with Crippen LogP contribution in [0.4, 0.5) is 0 Å². The van der Waals surface area contributed by atoms with Gasteiger partial charge in [-0.05, 0) is 58.7 Å². The summed E-state index contributed by atoms with van der Waals surface area (Å²) in [6.45, 7) is 8.26. The van der Waals surface area contributed by atoms with Gasteiger partial charge in [0.15, 0.2) is 0 Å². The minimum Gasteiger partial charge on any atom is -0.335 e. The molecule has 1 aliphatic rings. The maximum Gasteiger partial charge on any atom is 0.254 e. The minimum absolute atomic E-state index is 0.139. The van der Waals surface area contributed by atoms with Gasteiger partial charge in [0.05, 0.1) is 0 Å². The quantitative estimate of drug-likeness (QED) is 0.539. The van der Waals surface area contributed by atoms with Gasteiger partial charge < -0.3 is 4.90 Å². The van der Waals surface area contributed by atoms with Crippen LogP contribution >= 0.6 is 22.6 Å². The third kappa shape index (κ3) is 3.59. The molecule has 0 aromatic heterocycles. The highest BCUT2D eigenvalue weighted by Crippen LogP contribution is 2.30. The minimum atomic E-state index is 0.139. The van der Waals surface area contributed by atoms with Gasteiger partial charge in [-0.1, -0.05) is 32.4 Å². The fourth-order valence-corrected chi connectivity index (χ4v) is 2.67. The van der Waals surface area contributed by atoms with Crippen molar-refractivity contribution < 1.29 is 4.79 Å². The molecule has 1 aromatic carbocycles. The largest absolute Gasteiger partial charge is 0.335 e. The molecule has 0 saturated heterocycles. The van der Waals surface area contributed by atoms with Gasteiger partial charge in [-0.2, -0.15) is 0 Å². The van der Waals surface area contributed by atoms with Gasteiger partial charge >= 0.3 is 0 Å². The van der Waals surface area contributed by atoms with E-state index in [1.54, 1.807) is 0 Å². The van der Waals surface area contributed by atoms with Crippen molar-refractivity contribution in [2.24, 2.45) is 5.41 Å². The molecule has 2 nitrogen and oxygen atoms in total. The lowest BCUT2D eigenvalue weighted by molar-refractivity contribution is 0.0765. The molecule has 0 radical (unpaired) electrons. The third-order valence-electron chi connectivity index (χ3n) is 3.55. The SMILES string of the molecule is CC(C)(C)C1=CCN(C(=O)c2ccc(I)cc2)CC1. The smallest absolute Gasteiger partial charge is 0.254 e. The number of rotatable bonds is 1. The zero-order valence-electron chi connectivity index (χ0n) is 11.7. The number of amides is 1. The van der Waals surface area contributed by atoms with E-state index in [1.165, 1.54) is 5.57 Å². The van der Waals surface area contributed by atoms with Gasteiger partial charge in [0.2, 0.25) is 0 Å². The predicted octanol–water partition coefficient (Wildman–Crippen LogP) is 4.11. The van der Waals surface area contributed by atoms with Crippen molar-refractivity contribution in [3.8, 4) is 0 Å². The monoisotopic (exact) mass is 369 g/mol. The molecule has 0 atom stereocenters. The van der Waals surface area contributed by atoms with E-state index in [-0.39, 0.29) is 11.3 Å². The Morgan fingerprint density at radius 3 is 2.32 bits per heavy atom. The molecule has 0 spiro atoms. The van der Waals surface area contributed by atoms with Gasteiger partial charge in [-0.3, -0.25) is 4.79 Å². The maximum absolute atomic E-state index is 12.4. The molecule has 1 amide bonds. The van der Waals surface area contributed by atoms with Crippen LogP contribution in [0.15, 0.2) is 35.9 Å². The van der Waals surface area contributed by atoms with Crippen molar-refractivity contribution in [1.82, 2.24) is 4.90 Å². The van der Waals surface area contributed by atoms with E-state index in [4.69, 9.17) is 0 Å². The summed E-state index contributed by atoms with van der Waals surface area (Å²) >= 11 is 2.25. The van der Waals surface area contributed by atoms with Gasteiger partial charge in [0.25, 0.3) is 5.91 Å². The summed E-state index contributed by atoms with van der Waals surface area (Å²) in [4.78, 5) is 14.3. The van der Waals surface area contributed by atoms with Crippen molar-refractivity contribution in [2.45, 2.75) is 27.2 Å². The standard InChI is InChI=1S/C16H20INO/c1-16(2,3)13-8-10-18(11-9-13)15(19)12-4-6-14(17)7-5-12/h4-8H,9-11H2,1-3H3. The summed E-state index contributed by atoms with van der Waals surface area (Å²) in [6.07, 6.45) is 3.20. The van der Waals surface area contributed by atoms with Crippen molar-refractivity contribution in [2.75, 3.05) is 13.1 Å². The summed E-state index contributed by atoms with van der Waals surface area (Å²) in [7, 11) is 0.